The Labute approximate surface area is 116 Å². The average Bonchev–Trinajstić information content (AvgIpc) is 2.27. The molecule has 0 fully saturated rings. The van der Waals surface area contributed by atoms with Crippen LogP contribution in [0.15, 0.2) is 24.3 Å². The molecule has 0 atom stereocenters. The molecule has 1 N–H and O–H groups in total. The van der Waals surface area contributed by atoms with Crippen LogP contribution in [0, 0.1) is 11.8 Å². The highest BCUT2D eigenvalue weighted by molar-refractivity contribution is 5.89. The summed E-state index contributed by atoms with van der Waals surface area (Å²) < 4.78 is 0. The molecule has 0 heterocycles. The van der Waals surface area contributed by atoms with Crippen molar-refractivity contribution in [3.63, 3.8) is 0 Å². The van der Waals surface area contributed by atoms with Gasteiger partial charge in [-0.05, 0) is 23.5 Å². The number of hydrogen-bond acceptors (Lipinski definition) is 2. The average molecular weight is 263 g/mol. The van der Waals surface area contributed by atoms with Crippen LogP contribution in [-0.4, -0.2) is 29.1 Å². The van der Waals surface area contributed by atoms with Crippen LogP contribution in [0.4, 0.5) is 0 Å². The quantitative estimate of drug-likeness (QED) is 0.818. The van der Waals surface area contributed by atoms with E-state index in [0.717, 1.165) is 18.7 Å². The summed E-state index contributed by atoms with van der Waals surface area (Å²) in [6, 6.07) is 7.28. The standard InChI is InChI=1S/C16H25NO2/c1-12(2)9-17(10-13(3)4)11-14-7-5-6-8-15(14)16(18)19/h5-8,12-13H,9-11H2,1-4H3,(H,18,19). The van der Waals surface area contributed by atoms with Gasteiger partial charge in [0.1, 0.15) is 0 Å². The number of rotatable bonds is 7. The van der Waals surface area contributed by atoms with Gasteiger partial charge < -0.3 is 5.11 Å². The molecule has 0 aliphatic rings. The summed E-state index contributed by atoms with van der Waals surface area (Å²) in [4.78, 5) is 13.6. The molecule has 0 aliphatic carbocycles. The maximum Gasteiger partial charge on any atom is 0.336 e. The van der Waals surface area contributed by atoms with Gasteiger partial charge >= 0.3 is 5.97 Å². The Morgan fingerprint density at radius 3 is 2.11 bits per heavy atom. The van der Waals surface area contributed by atoms with Gasteiger partial charge in [0.15, 0.2) is 0 Å². The van der Waals surface area contributed by atoms with Gasteiger partial charge in [0.25, 0.3) is 0 Å². The fraction of sp³-hybridized carbons (Fsp3) is 0.562. The minimum Gasteiger partial charge on any atom is -0.478 e. The maximum absolute atomic E-state index is 11.2. The number of carboxylic acids is 1. The molecule has 3 heteroatoms. The summed E-state index contributed by atoms with van der Waals surface area (Å²) in [6.07, 6.45) is 0. The second kappa shape index (κ2) is 7.29. The fourth-order valence-electron chi connectivity index (χ4n) is 2.34. The molecule has 0 amide bonds. The molecule has 0 bridgehead atoms. The van der Waals surface area contributed by atoms with E-state index in [1.165, 1.54) is 0 Å². The molecule has 0 radical (unpaired) electrons. The predicted molar refractivity (Wildman–Crippen MR) is 78.4 cm³/mol. The maximum atomic E-state index is 11.2. The van der Waals surface area contributed by atoms with Gasteiger partial charge in [-0.1, -0.05) is 45.9 Å². The Morgan fingerprint density at radius 1 is 1.11 bits per heavy atom. The zero-order chi connectivity index (χ0) is 14.4. The first-order valence-electron chi connectivity index (χ1n) is 6.93. The van der Waals surface area contributed by atoms with E-state index in [2.05, 4.69) is 32.6 Å². The fourth-order valence-corrected chi connectivity index (χ4v) is 2.34. The monoisotopic (exact) mass is 263 g/mol. The number of benzene rings is 1. The molecule has 0 aromatic heterocycles. The van der Waals surface area contributed by atoms with E-state index in [1.54, 1.807) is 12.1 Å². The van der Waals surface area contributed by atoms with Gasteiger partial charge in [0.05, 0.1) is 5.56 Å². The van der Waals surface area contributed by atoms with Crippen LogP contribution >= 0.6 is 0 Å². The summed E-state index contributed by atoms with van der Waals surface area (Å²) in [6.45, 7) is 11.5. The normalized spacial score (nSPS) is 11.5. The summed E-state index contributed by atoms with van der Waals surface area (Å²) in [5, 5.41) is 9.22. The van der Waals surface area contributed by atoms with Crippen molar-refractivity contribution in [1.82, 2.24) is 4.90 Å². The summed E-state index contributed by atoms with van der Waals surface area (Å²) in [5.41, 5.74) is 1.32. The van der Waals surface area contributed by atoms with Gasteiger partial charge in [-0.25, -0.2) is 4.79 Å². The first kappa shape index (κ1) is 15.7. The first-order chi connectivity index (χ1) is 8.90. The van der Waals surface area contributed by atoms with E-state index >= 15 is 0 Å². The van der Waals surface area contributed by atoms with E-state index in [0.29, 0.717) is 23.9 Å². The number of aromatic carboxylic acids is 1. The van der Waals surface area contributed by atoms with Crippen LogP contribution in [0.25, 0.3) is 0 Å². The molecule has 1 aromatic rings. The summed E-state index contributed by atoms with van der Waals surface area (Å²) in [5.74, 6) is 0.316. The van der Waals surface area contributed by atoms with Crippen molar-refractivity contribution < 1.29 is 9.90 Å². The topological polar surface area (TPSA) is 40.5 Å². The van der Waals surface area contributed by atoms with Crippen LogP contribution < -0.4 is 0 Å². The van der Waals surface area contributed by atoms with Crippen molar-refractivity contribution in [2.24, 2.45) is 11.8 Å². The second-order valence-electron chi connectivity index (χ2n) is 5.94. The van der Waals surface area contributed by atoms with Crippen molar-refractivity contribution in [2.45, 2.75) is 34.2 Å². The lowest BCUT2D eigenvalue weighted by Crippen LogP contribution is -2.31. The van der Waals surface area contributed by atoms with E-state index < -0.39 is 5.97 Å². The zero-order valence-electron chi connectivity index (χ0n) is 12.4. The van der Waals surface area contributed by atoms with Gasteiger partial charge in [-0.15, -0.1) is 0 Å². The molecular formula is C16H25NO2. The number of nitrogens with zero attached hydrogens (tertiary/aromatic N) is 1. The number of carbonyl (C=O) groups is 1. The largest absolute Gasteiger partial charge is 0.478 e. The summed E-state index contributed by atoms with van der Waals surface area (Å²) >= 11 is 0. The lowest BCUT2D eigenvalue weighted by atomic mass is 10.1. The Kier molecular flexibility index (Phi) is 6.03. The smallest absolute Gasteiger partial charge is 0.336 e. The molecule has 1 rings (SSSR count). The molecule has 0 unspecified atom stereocenters. The molecule has 106 valence electrons. The lowest BCUT2D eigenvalue weighted by molar-refractivity contribution is 0.0694. The van der Waals surface area contributed by atoms with Gasteiger partial charge in [-0.3, -0.25) is 4.90 Å². The molecular weight excluding hydrogens is 238 g/mol. The van der Waals surface area contributed by atoms with Crippen molar-refractivity contribution in [2.75, 3.05) is 13.1 Å². The Hall–Kier alpha value is -1.35. The third-order valence-electron chi connectivity index (χ3n) is 2.89. The summed E-state index contributed by atoms with van der Waals surface area (Å²) in [7, 11) is 0. The van der Waals surface area contributed by atoms with Crippen molar-refractivity contribution >= 4 is 5.97 Å². The van der Waals surface area contributed by atoms with E-state index in [9.17, 15) is 9.90 Å². The highest BCUT2D eigenvalue weighted by Gasteiger charge is 2.14. The highest BCUT2D eigenvalue weighted by atomic mass is 16.4. The second-order valence-corrected chi connectivity index (χ2v) is 5.94. The molecule has 0 saturated heterocycles. The third-order valence-corrected chi connectivity index (χ3v) is 2.89. The van der Waals surface area contributed by atoms with E-state index in [-0.39, 0.29) is 0 Å². The Bertz CT molecular complexity index is 403. The van der Waals surface area contributed by atoms with Crippen molar-refractivity contribution in [3.05, 3.63) is 35.4 Å². The van der Waals surface area contributed by atoms with Crippen LogP contribution in [0.3, 0.4) is 0 Å². The molecule has 0 spiro atoms. The van der Waals surface area contributed by atoms with Crippen LogP contribution in [0.2, 0.25) is 0 Å². The third kappa shape index (κ3) is 5.43. The van der Waals surface area contributed by atoms with Crippen LogP contribution in [0.1, 0.15) is 43.6 Å². The Morgan fingerprint density at radius 2 is 1.63 bits per heavy atom. The highest BCUT2D eigenvalue weighted by Crippen LogP contribution is 2.14. The molecule has 1 aromatic carbocycles. The minimum atomic E-state index is -0.843. The number of carboxylic acid groups (broad SMARTS) is 1. The Balaban J connectivity index is 2.86. The first-order valence-corrected chi connectivity index (χ1v) is 6.93. The van der Waals surface area contributed by atoms with Gasteiger partial charge in [0, 0.05) is 19.6 Å². The SMILES string of the molecule is CC(C)CN(Cc1ccccc1C(=O)O)CC(C)C. The van der Waals surface area contributed by atoms with Gasteiger partial charge in [-0.2, -0.15) is 0 Å². The predicted octanol–water partition coefficient (Wildman–Crippen LogP) is 3.50. The molecule has 0 aliphatic heterocycles. The van der Waals surface area contributed by atoms with Gasteiger partial charge in [0.2, 0.25) is 0 Å². The van der Waals surface area contributed by atoms with Crippen molar-refractivity contribution in [3.8, 4) is 0 Å². The minimum absolute atomic E-state index is 0.417. The van der Waals surface area contributed by atoms with Crippen LogP contribution in [0.5, 0.6) is 0 Å². The molecule has 3 nitrogen and oxygen atoms in total. The zero-order valence-corrected chi connectivity index (χ0v) is 12.4. The molecule has 0 saturated carbocycles. The van der Waals surface area contributed by atoms with Crippen molar-refractivity contribution in [1.29, 1.82) is 0 Å². The molecule has 19 heavy (non-hydrogen) atoms. The van der Waals surface area contributed by atoms with E-state index in [4.69, 9.17) is 0 Å². The van der Waals surface area contributed by atoms with Crippen LogP contribution in [-0.2, 0) is 6.54 Å². The number of hydrogen-bond donors (Lipinski definition) is 1. The lowest BCUT2D eigenvalue weighted by Gasteiger charge is -2.26. The van der Waals surface area contributed by atoms with E-state index in [1.807, 2.05) is 12.1 Å².